The van der Waals surface area contributed by atoms with Gasteiger partial charge in [0.25, 0.3) is 0 Å². The maximum atomic E-state index is 12.0. The molecule has 1 heterocycles. The van der Waals surface area contributed by atoms with E-state index in [1.165, 1.54) is 6.92 Å². The number of rotatable bonds is 8. The van der Waals surface area contributed by atoms with Crippen LogP contribution in [-0.4, -0.2) is 38.6 Å². The molecule has 8 nitrogen and oxygen atoms in total. The number of aromatic carboxylic acids is 1. The van der Waals surface area contributed by atoms with Crippen LogP contribution in [0.4, 0.5) is 0 Å². The van der Waals surface area contributed by atoms with Crippen molar-refractivity contribution in [1.29, 1.82) is 0 Å². The molecule has 0 atom stereocenters. The highest BCUT2D eigenvalue weighted by Crippen LogP contribution is 2.19. The molecule has 0 spiro atoms. The first kappa shape index (κ1) is 17.2. The minimum absolute atomic E-state index is 0.00899. The summed E-state index contributed by atoms with van der Waals surface area (Å²) in [5.74, 6) is -2.20. The van der Waals surface area contributed by atoms with Crippen LogP contribution >= 0.6 is 0 Å². The van der Waals surface area contributed by atoms with E-state index in [-0.39, 0.29) is 36.6 Å². The van der Waals surface area contributed by atoms with Gasteiger partial charge in [-0.1, -0.05) is 0 Å². The van der Waals surface area contributed by atoms with Crippen LogP contribution in [0.25, 0.3) is 0 Å². The zero-order chi connectivity index (χ0) is 16.0. The molecule has 0 bridgehead atoms. The van der Waals surface area contributed by atoms with Gasteiger partial charge < -0.3 is 14.3 Å². The zero-order valence-electron chi connectivity index (χ0n) is 11.7. The van der Waals surface area contributed by atoms with Crippen LogP contribution in [0.1, 0.15) is 36.1 Å². The summed E-state index contributed by atoms with van der Waals surface area (Å²) in [5.41, 5.74) is 0. The third-order valence-corrected chi connectivity index (χ3v) is 4.10. The average molecular weight is 319 g/mol. The van der Waals surface area contributed by atoms with Gasteiger partial charge in [0.2, 0.25) is 15.8 Å². The topological polar surface area (TPSA) is 123 Å². The lowest BCUT2D eigenvalue weighted by Gasteiger charge is -2.05. The van der Waals surface area contributed by atoms with Crippen molar-refractivity contribution in [1.82, 2.24) is 4.72 Å². The second-order valence-electron chi connectivity index (χ2n) is 4.14. The number of carboxylic acid groups (broad SMARTS) is 1. The summed E-state index contributed by atoms with van der Waals surface area (Å²) in [6, 6.07) is 0.950. The van der Waals surface area contributed by atoms with Crippen molar-refractivity contribution in [3.63, 3.8) is 0 Å². The summed E-state index contributed by atoms with van der Waals surface area (Å²) in [4.78, 5) is 21.6. The van der Waals surface area contributed by atoms with Crippen molar-refractivity contribution in [3.8, 4) is 0 Å². The number of sulfonamides is 1. The molecule has 0 aliphatic carbocycles. The highest BCUT2D eigenvalue weighted by atomic mass is 32.2. The number of aryl methyl sites for hydroxylation is 1. The molecule has 0 radical (unpaired) electrons. The standard InChI is InChI=1S/C12H17NO7S/c1-3-19-11(14)5-4-6-13-21(17,18)10-7-9(12(15)16)20-8(10)2/h7,13H,3-6H2,1-2H3,(H,15,16). The normalized spacial score (nSPS) is 11.3. The molecule has 0 amide bonds. The molecule has 2 N–H and O–H groups in total. The Morgan fingerprint density at radius 1 is 1.43 bits per heavy atom. The number of furan rings is 1. The van der Waals surface area contributed by atoms with E-state index < -0.39 is 27.7 Å². The molecule has 118 valence electrons. The number of ether oxygens (including phenoxy) is 1. The molecule has 0 aliphatic rings. The van der Waals surface area contributed by atoms with Crippen molar-refractivity contribution in [3.05, 3.63) is 17.6 Å². The molecule has 9 heteroatoms. The van der Waals surface area contributed by atoms with E-state index >= 15 is 0 Å². The molecule has 1 aromatic rings. The first-order chi connectivity index (χ1) is 9.77. The molecule has 0 saturated carbocycles. The highest BCUT2D eigenvalue weighted by molar-refractivity contribution is 7.89. The molecule has 0 fully saturated rings. The van der Waals surface area contributed by atoms with E-state index in [9.17, 15) is 18.0 Å². The highest BCUT2D eigenvalue weighted by Gasteiger charge is 2.23. The van der Waals surface area contributed by atoms with Gasteiger partial charge in [0.05, 0.1) is 6.61 Å². The molecular formula is C12H17NO7S. The Kier molecular flexibility index (Phi) is 5.91. The van der Waals surface area contributed by atoms with E-state index in [2.05, 4.69) is 4.72 Å². The fraction of sp³-hybridized carbons (Fsp3) is 0.500. The van der Waals surface area contributed by atoms with Crippen LogP contribution < -0.4 is 4.72 Å². The van der Waals surface area contributed by atoms with E-state index in [1.807, 2.05) is 0 Å². The largest absolute Gasteiger partial charge is 0.475 e. The third-order valence-electron chi connectivity index (χ3n) is 2.53. The Morgan fingerprint density at radius 2 is 2.10 bits per heavy atom. The lowest BCUT2D eigenvalue weighted by atomic mass is 10.3. The third kappa shape index (κ3) is 4.87. The zero-order valence-corrected chi connectivity index (χ0v) is 12.5. The molecule has 0 aliphatic heterocycles. The fourth-order valence-electron chi connectivity index (χ4n) is 1.59. The van der Waals surface area contributed by atoms with Crippen LogP contribution in [-0.2, 0) is 19.6 Å². The van der Waals surface area contributed by atoms with Gasteiger partial charge in [0.15, 0.2) is 0 Å². The van der Waals surface area contributed by atoms with Gasteiger partial charge in [0.1, 0.15) is 10.7 Å². The van der Waals surface area contributed by atoms with Gasteiger partial charge in [0, 0.05) is 19.0 Å². The number of nitrogens with one attached hydrogen (secondary N) is 1. The van der Waals surface area contributed by atoms with E-state index in [1.54, 1.807) is 6.92 Å². The molecule has 0 saturated heterocycles. The predicted octanol–water partition coefficient (Wildman–Crippen LogP) is 0.908. The van der Waals surface area contributed by atoms with Gasteiger partial charge in [-0.3, -0.25) is 4.79 Å². The number of carboxylic acids is 1. The average Bonchev–Trinajstić information content (AvgIpc) is 2.78. The molecule has 21 heavy (non-hydrogen) atoms. The SMILES string of the molecule is CCOC(=O)CCCNS(=O)(=O)c1cc(C(=O)O)oc1C. The predicted molar refractivity (Wildman–Crippen MR) is 71.5 cm³/mol. The van der Waals surface area contributed by atoms with E-state index in [0.29, 0.717) is 0 Å². The summed E-state index contributed by atoms with van der Waals surface area (Å²) >= 11 is 0. The molecule has 1 aromatic heterocycles. The lowest BCUT2D eigenvalue weighted by molar-refractivity contribution is -0.143. The molecule has 1 rings (SSSR count). The second-order valence-corrected chi connectivity index (χ2v) is 5.88. The number of hydrogen-bond donors (Lipinski definition) is 2. The maximum Gasteiger partial charge on any atom is 0.371 e. The minimum Gasteiger partial charge on any atom is -0.475 e. The summed E-state index contributed by atoms with van der Waals surface area (Å²) < 4.78 is 35.8. The monoisotopic (exact) mass is 319 g/mol. The maximum absolute atomic E-state index is 12.0. The van der Waals surface area contributed by atoms with Crippen LogP contribution in [0.2, 0.25) is 0 Å². The van der Waals surface area contributed by atoms with Crippen molar-refractivity contribution in [2.45, 2.75) is 31.6 Å². The second kappa shape index (κ2) is 7.23. The van der Waals surface area contributed by atoms with Crippen molar-refractivity contribution in [2.24, 2.45) is 0 Å². The Labute approximate surface area is 122 Å². The summed E-state index contributed by atoms with van der Waals surface area (Å²) in [5, 5.41) is 8.75. The van der Waals surface area contributed by atoms with Crippen LogP contribution in [0.3, 0.4) is 0 Å². The van der Waals surface area contributed by atoms with Crippen LogP contribution in [0.5, 0.6) is 0 Å². The Bertz CT molecular complexity index is 618. The quantitative estimate of drug-likeness (QED) is 0.539. The Balaban J connectivity index is 2.62. The molecule has 0 unspecified atom stereocenters. The summed E-state index contributed by atoms with van der Waals surface area (Å²) in [6.07, 6.45) is 0.377. The fourth-order valence-corrected chi connectivity index (χ4v) is 2.84. The van der Waals surface area contributed by atoms with Crippen LogP contribution in [0.15, 0.2) is 15.4 Å². The number of carbonyl (C=O) groups is 2. The van der Waals surface area contributed by atoms with Crippen molar-refractivity contribution in [2.75, 3.05) is 13.2 Å². The Morgan fingerprint density at radius 3 is 2.62 bits per heavy atom. The number of hydrogen-bond acceptors (Lipinski definition) is 6. The first-order valence-electron chi connectivity index (χ1n) is 6.27. The summed E-state index contributed by atoms with van der Waals surface area (Å²) in [7, 11) is -3.87. The van der Waals surface area contributed by atoms with E-state index in [4.69, 9.17) is 14.3 Å². The molecule has 0 aromatic carbocycles. The minimum atomic E-state index is -3.87. The first-order valence-corrected chi connectivity index (χ1v) is 7.75. The number of carbonyl (C=O) groups excluding carboxylic acids is 1. The smallest absolute Gasteiger partial charge is 0.371 e. The van der Waals surface area contributed by atoms with Gasteiger partial charge in [-0.25, -0.2) is 17.9 Å². The van der Waals surface area contributed by atoms with Crippen molar-refractivity contribution < 1.29 is 32.3 Å². The van der Waals surface area contributed by atoms with Crippen molar-refractivity contribution >= 4 is 22.0 Å². The Hall–Kier alpha value is -1.87. The molecular weight excluding hydrogens is 302 g/mol. The van der Waals surface area contributed by atoms with Gasteiger partial charge in [-0.2, -0.15) is 0 Å². The van der Waals surface area contributed by atoms with E-state index in [0.717, 1.165) is 6.07 Å². The van der Waals surface area contributed by atoms with Gasteiger partial charge in [-0.15, -0.1) is 0 Å². The van der Waals surface area contributed by atoms with Gasteiger partial charge >= 0.3 is 11.9 Å². The summed E-state index contributed by atoms with van der Waals surface area (Å²) in [6.45, 7) is 3.35. The number of esters is 1. The lowest BCUT2D eigenvalue weighted by Crippen LogP contribution is -2.25. The van der Waals surface area contributed by atoms with Gasteiger partial charge in [-0.05, 0) is 20.3 Å². The van der Waals surface area contributed by atoms with Crippen LogP contribution in [0, 0.1) is 6.92 Å².